The molecule has 1 saturated carbocycles. The normalized spacial score (nSPS) is 30.4. The van der Waals surface area contributed by atoms with Crippen LogP contribution in [0.1, 0.15) is 47.8 Å². The molecule has 8 rings (SSSR count). The van der Waals surface area contributed by atoms with Crippen LogP contribution in [-0.4, -0.2) is 34.1 Å². The van der Waals surface area contributed by atoms with E-state index in [9.17, 15) is 5.11 Å². The quantitative estimate of drug-likeness (QED) is 0.534. The topological polar surface area (TPSA) is 45.6 Å². The number of fused-ring (bicyclic) bond motifs is 2. The van der Waals surface area contributed by atoms with Gasteiger partial charge in [-0.1, -0.05) is 29.8 Å². The third-order valence-corrected chi connectivity index (χ3v) is 9.54. The van der Waals surface area contributed by atoms with Crippen LogP contribution in [0.4, 0.5) is 0 Å². The third-order valence-electron chi connectivity index (χ3n) is 9.29. The molecular formula is C29H27ClN2O2. The Bertz CT molecular complexity index is 1330. The van der Waals surface area contributed by atoms with Crippen molar-refractivity contribution >= 4 is 11.6 Å². The SMILES string of the molecule is Oc1ccc2c3c1O[C@H]1c4ncc(-c5ccc(Cl)cc5)cc4C[C@H]4[C@@H](C2)N(CC2CC2)CC[C@]314. The van der Waals surface area contributed by atoms with Gasteiger partial charge in [0.2, 0.25) is 0 Å². The Morgan fingerprint density at radius 2 is 1.91 bits per heavy atom. The molecule has 5 aliphatic rings. The summed E-state index contributed by atoms with van der Waals surface area (Å²) in [6.45, 7) is 2.35. The first-order valence-electron chi connectivity index (χ1n) is 12.6. The van der Waals surface area contributed by atoms with E-state index in [0.29, 0.717) is 12.0 Å². The largest absolute Gasteiger partial charge is 0.504 e. The number of aromatic nitrogens is 1. The summed E-state index contributed by atoms with van der Waals surface area (Å²) in [5.41, 5.74) is 7.21. The van der Waals surface area contributed by atoms with Crippen LogP contribution < -0.4 is 4.74 Å². The molecule has 3 aromatic rings. The molecule has 3 aliphatic carbocycles. The van der Waals surface area contributed by atoms with Crippen LogP contribution in [0.15, 0.2) is 48.7 Å². The maximum absolute atomic E-state index is 10.8. The summed E-state index contributed by atoms with van der Waals surface area (Å²) >= 11 is 6.13. The highest BCUT2D eigenvalue weighted by molar-refractivity contribution is 6.30. The fourth-order valence-corrected chi connectivity index (χ4v) is 7.74. The Labute approximate surface area is 204 Å². The highest BCUT2D eigenvalue weighted by Gasteiger charge is 2.65. The van der Waals surface area contributed by atoms with Crippen LogP contribution in [0.3, 0.4) is 0 Å². The molecule has 2 bridgehead atoms. The number of likely N-dealkylation sites (tertiary alicyclic amines) is 1. The standard InChI is InChI=1S/C29H27ClN2O2/c30-21-6-3-17(4-7-21)20-11-19-12-22-23-13-18-5-8-24(33)27-25(18)29(22,28(34-27)26(19)31-14-20)9-10-32(23)15-16-1-2-16/h3-8,11,14,16,22-23,28,33H,1-2,9-10,12-13,15H2/t22-,23+,28-,29-/m0/s1. The summed E-state index contributed by atoms with van der Waals surface area (Å²) in [6.07, 6.45) is 7.78. The van der Waals surface area contributed by atoms with Gasteiger partial charge in [0.1, 0.15) is 0 Å². The van der Waals surface area contributed by atoms with E-state index >= 15 is 0 Å². The number of rotatable bonds is 3. The van der Waals surface area contributed by atoms with Crippen LogP contribution in [-0.2, 0) is 18.3 Å². The zero-order valence-electron chi connectivity index (χ0n) is 19.0. The van der Waals surface area contributed by atoms with Gasteiger partial charge in [0.25, 0.3) is 0 Å². The van der Waals surface area contributed by atoms with Gasteiger partial charge in [-0.15, -0.1) is 0 Å². The van der Waals surface area contributed by atoms with E-state index in [-0.39, 0.29) is 17.3 Å². The van der Waals surface area contributed by atoms with Gasteiger partial charge in [-0.2, -0.15) is 0 Å². The van der Waals surface area contributed by atoms with Crippen LogP contribution in [0.25, 0.3) is 11.1 Å². The molecule has 1 saturated heterocycles. The van der Waals surface area contributed by atoms with Crippen molar-refractivity contribution in [1.29, 1.82) is 0 Å². The zero-order valence-corrected chi connectivity index (χ0v) is 19.8. The Morgan fingerprint density at radius 1 is 1.06 bits per heavy atom. The number of halogens is 1. The molecule has 0 unspecified atom stereocenters. The summed E-state index contributed by atoms with van der Waals surface area (Å²) in [5.74, 6) is 2.36. The van der Waals surface area contributed by atoms with Crippen LogP contribution >= 0.6 is 11.6 Å². The number of phenolic OH excluding ortho intramolecular Hbond substituents is 1. The second-order valence-electron chi connectivity index (χ2n) is 11.0. The Morgan fingerprint density at radius 3 is 2.74 bits per heavy atom. The van der Waals surface area contributed by atoms with Crippen molar-refractivity contribution in [3.05, 3.63) is 76.1 Å². The monoisotopic (exact) mass is 470 g/mol. The number of pyridine rings is 1. The number of aromatic hydroxyl groups is 1. The summed E-state index contributed by atoms with van der Waals surface area (Å²) < 4.78 is 6.68. The number of piperidine rings is 1. The number of nitrogens with zero attached hydrogens (tertiary/aromatic N) is 2. The van der Waals surface area contributed by atoms with Gasteiger partial charge in [-0.3, -0.25) is 9.88 Å². The maximum atomic E-state index is 10.8. The molecule has 2 fully saturated rings. The summed E-state index contributed by atoms with van der Waals surface area (Å²) in [7, 11) is 0. The molecule has 2 aromatic carbocycles. The minimum atomic E-state index is -0.117. The minimum absolute atomic E-state index is 0.0752. The molecule has 172 valence electrons. The zero-order chi connectivity index (χ0) is 22.6. The van der Waals surface area contributed by atoms with Gasteiger partial charge in [0.15, 0.2) is 17.6 Å². The van der Waals surface area contributed by atoms with E-state index < -0.39 is 0 Å². The van der Waals surface area contributed by atoms with Gasteiger partial charge in [0.05, 0.1) is 5.69 Å². The van der Waals surface area contributed by atoms with Crippen molar-refractivity contribution in [2.24, 2.45) is 11.8 Å². The predicted molar refractivity (Wildman–Crippen MR) is 131 cm³/mol. The fourth-order valence-electron chi connectivity index (χ4n) is 7.61. The first-order valence-corrected chi connectivity index (χ1v) is 13.0. The highest BCUT2D eigenvalue weighted by Crippen LogP contribution is 2.67. The molecule has 4 atom stereocenters. The van der Waals surface area contributed by atoms with Crippen LogP contribution in [0.5, 0.6) is 11.5 Å². The molecule has 1 N–H and O–H groups in total. The number of ether oxygens (including phenoxy) is 1. The lowest BCUT2D eigenvalue weighted by atomic mass is 9.51. The van der Waals surface area contributed by atoms with Gasteiger partial charge in [-0.25, -0.2) is 0 Å². The third kappa shape index (κ3) is 2.56. The average Bonchev–Trinajstić information content (AvgIpc) is 3.59. The molecule has 3 heterocycles. The lowest BCUT2D eigenvalue weighted by molar-refractivity contribution is -0.0378. The highest BCUT2D eigenvalue weighted by atomic mass is 35.5. The van der Waals surface area contributed by atoms with E-state index in [2.05, 4.69) is 29.2 Å². The van der Waals surface area contributed by atoms with Crippen LogP contribution in [0, 0.1) is 11.8 Å². The van der Waals surface area contributed by atoms with Gasteiger partial charge in [0, 0.05) is 40.3 Å². The average molecular weight is 471 g/mol. The predicted octanol–water partition coefficient (Wildman–Crippen LogP) is 5.69. The van der Waals surface area contributed by atoms with Crippen molar-refractivity contribution in [2.45, 2.75) is 49.7 Å². The number of hydrogen-bond donors (Lipinski definition) is 1. The molecule has 1 spiro atoms. The van der Waals surface area contributed by atoms with E-state index in [0.717, 1.165) is 59.3 Å². The maximum Gasteiger partial charge on any atom is 0.166 e. The van der Waals surface area contributed by atoms with Crippen molar-refractivity contribution in [3.8, 4) is 22.6 Å². The molecule has 1 aromatic heterocycles. The molecule has 4 nitrogen and oxygen atoms in total. The summed E-state index contributed by atoms with van der Waals surface area (Å²) in [4.78, 5) is 7.82. The molecule has 34 heavy (non-hydrogen) atoms. The van der Waals surface area contributed by atoms with E-state index in [1.807, 2.05) is 24.4 Å². The lowest BCUT2D eigenvalue weighted by Crippen LogP contribution is -2.63. The van der Waals surface area contributed by atoms with Crippen molar-refractivity contribution in [2.75, 3.05) is 13.1 Å². The van der Waals surface area contributed by atoms with Gasteiger partial charge < -0.3 is 9.84 Å². The first-order chi connectivity index (χ1) is 16.6. The number of benzene rings is 2. The van der Waals surface area contributed by atoms with E-state index in [1.54, 1.807) is 0 Å². The van der Waals surface area contributed by atoms with Crippen LogP contribution in [0.2, 0.25) is 5.02 Å². The van der Waals surface area contributed by atoms with Crippen molar-refractivity contribution < 1.29 is 9.84 Å². The van der Waals surface area contributed by atoms with Gasteiger partial charge in [-0.05, 0) is 91.4 Å². The minimum Gasteiger partial charge on any atom is -0.504 e. The van der Waals surface area contributed by atoms with Crippen molar-refractivity contribution in [3.63, 3.8) is 0 Å². The summed E-state index contributed by atoms with van der Waals surface area (Å²) in [5, 5.41) is 11.5. The number of phenols is 1. The molecule has 5 heteroatoms. The molecule has 0 amide bonds. The molecular weight excluding hydrogens is 444 g/mol. The molecule has 0 radical (unpaired) electrons. The smallest absolute Gasteiger partial charge is 0.166 e. The first kappa shape index (κ1) is 19.7. The lowest BCUT2D eigenvalue weighted by Gasteiger charge is -2.58. The van der Waals surface area contributed by atoms with Crippen molar-refractivity contribution in [1.82, 2.24) is 9.88 Å². The van der Waals surface area contributed by atoms with E-state index in [4.69, 9.17) is 21.3 Å². The Balaban J connectivity index is 1.29. The number of hydrogen-bond acceptors (Lipinski definition) is 4. The fraction of sp³-hybridized carbons (Fsp3) is 0.414. The Kier molecular flexibility index (Phi) is 3.92. The van der Waals surface area contributed by atoms with Gasteiger partial charge >= 0.3 is 0 Å². The summed E-state index contributed by atoms with van der Waals surface area (Å²) in [6, 6.07) is 14.8. The van der Waals surface area contributed by atoms with E-state index in [1.165, 1.54) is 36.1 Å². The Hall–Kier alpha value is -2.56. The molecule has 2 aliphatic heterocycles. The second-order valence-corrected chi connectivity index (χ2v) is 11.5. The second kappa shape index (κ2) is 6.77.